The van der Waals surface area contributed by atoms with Gasteiger partial charge in [-0.25, -0.2) is 4.39 Å². The molecule has 0 saturated carbocycles. The first-order valence-electron chi connectivity index (χ1n) is 10.9. The Balaban J connectivity index is 2.03. The van der Waals surface area contributed by atoms with Gasteiger partial charge in [0.25, 0.3) is 5.91 Å². The minimum atomic E-state index is -0.406. The highest BCUT2D eigenvalue weighted by molar-refractivity contribution is 6.07. The van der Waals surface area contributed by atoms with E-state index in [0.29, 0.717) is 61.3 Å². The molecule has 172 valence electrons. The Morgan fingerprint density at radius 2 is 1.59 bits per heavy atom. The Labute approximate surface area is 187 Å². The molecular formula is C24H29FN2O5. The average molecular weight is 445 g/mol. The number of carbonyl (C=O) groups is 2. The molecule has 32 heavy (non-hydrogen) atoms. The van der Waals surface area contributed by atoms with Crippen LogP contribution >= 0.6 is 0 Å². The molecule has 2 aromatic rings. The Bertz CT molecular complexity index is 921. The second-order valence-corrected chi connectivity index (χ2v) is 7.21. The Kier molecular flexibility index (Phi) is 7.92. The smallest absolute Gasteiger partial charge is 0.260 e. The highest BCUT2D eigenvalue weighted by atomic mass is 19.1. The van der Waals surface area contributed by atoms with Crippen molar-refractivity contribution in [2.45, 2.75) is 33.6 Å². The summed E-state index contributed by atoms with van der Waals surface area (Å²) in [5.41, 5.74) is 0.803. The van der Waals surface area contributed by atoms with E-state index < -0.39 is 5.82 Å². The molecule has 1 saturated heterocycles. The molecule has 0 aromatic heterocycles. The predicted octanol–water partition coefficient (Wildman–Crippen LogP) is 4.25. The van der Waals surface area contributed by atoms with E-state index in [1.54, 1.807) is 17.0 Å². The number of halogens is 1. The van der Waals surface area contributed by atoms with Crippen LogP contribution < -0.4 is 19.1 Å². The number of nitrogens with zero attached hydrogens (tertiary/aromatic N) is 2. The van der Waals surface area contributed by atoms with Crippen LogP contribution in [-0.4, -0.2) is 49.7 Å². The second kappa shape index (κ2) is 10.8. The largest absolute Gasteiger partial charge is 0.490 e. The van der Waals surface area contributed by atoms with Crippen LogP contribution in [0.5, 0.6) is 17.2 Å². The maximum atomic E-state index is 13.6. The molecule has 8 heteroatoms. The van der Waals surface area contributed by atoms with E-state index in [0.717, 1.165) is 6.42 Å². The van der Waals surface area contributed by atoms with Crippen LogP contribution in [0, 0.1) is 5.82 Å². The molecular weight excluding hydrogens is 415 g/mol. The number of ether oxygens (including phenoxy) is 3. The van der Waals surface area contributed by atoms with Gasteiger partial charge >= 0.3 is 0 Å². The van der Waals surface area contributed by atoms with E-state index in [-0.39, 0.29) is 18.5 Å². The van der Waals surface area contributed by atoms with E-state index in [1.165, 1.54) is 29.2 Å². The normalized spacial score (nSPS) is 13.2. The number of likely N-dealkylation sites (tertiary alicyclic amines) is 1. The lowest BCUT2D eigenvalue weighted by atomic mass is 10.1. The zero-order chi connectivity index (χ0) is 23.1. The summed E-state index contributed by atoms with van der Waals surface area (Å²) in [5.74, 6) is 0.468. The number of hydrogen-bond donors (Lipinski definition) is 0. The molecule has 3 rings (SSSR count). The number of rotatable bonds is 10. The van der Waals surface area contributed by atoms with Gasteiger partial charge in [-0.05, 0) is 63.6 Å². The van der Waals surface area contributed by atoms with E-state index in [2.05, 4.69) is 0 Å². The molecule has 0 radical (unpaired) electrons. The van der Waals surface area contributed by atoms with Crippen LogP contribution in [0.25, 0.3) is 0 Å². The molecule has 1 heterocycles. The van der Waals surface area contributed by atoms with Crippen molar-refractivity contribution in [1.29, 1.82) is 0 Å². The van der Waals surface area contributed by atoms with Gasteiger partial charge in [-0.3, -0.25) is 14.5 Å². The number of benzene rings is 2. The first-order chi connectivity index (χ1) is 15.5. The zero-order valence-corrected chi connectivity index (χ0v) is 18.7. The molecule has 0 spiro atoms. The van der Waals surface area contributed by atoms with Crippen molar-refractivity contribution >= 4 is 17.5 Å². The molecule has 1 aliphatic rings. The number of hydrogen-bond acceptors (Lipinski definition) is 5. The highest BCUT2D eigenvalue weighted by Crippen LogP contribution is 2.39. The second-order valence-electron chi connectivity index (χ2n) is 7.21. The number of amides is 2. The van der Waals surface area contributed by atoms with Crippen LogP contribution in [-0.2, 0) is 4.79 Å². The average Bonchev–Trinajstić information content (AvgIpc) is 3.19. The lowest BCUT2D eigenvalue weighted by Crippen LogP contribution is -2.42. The summed E-state index contributed by atoms with van der Waals surface area (Å²) in [5, 5.41) is 0. The third-order valence-corrected chi connectivity index (χ3v) is 5.02. The van der Waals surface area contributed by atoms with Gasteiger partial charge in [0.1, 0.15) is 12.5 Å². The number of anilines is 1. The molecule has 0 atom stereocenters. The minimum Gasteiger partial charge on any atom is -0.490 e. The summed E-state index contributed by atoms with van der Waals surface area (Å²) < 4.78 is 30.7. The molecule has 2 aromatic carbocycles. The summed E-state index contributed by atoms with van der Waals surface area (Å²) in [6.07, 6.45) is 1.20. The minimum absolute atomic E-state index is 0.0124. The van der Waals surface area contributed by atoms with Gasteiger partial charge in [0.15, 0.2) is 11.5 Å². The fraction of sp³-hybridized carbons (Fsp3) is 0.417. The van der Waals surface area contributed by atoms with Gasteiger partial charge in [0.2, 0.25) is 11.7 Å². The van der Waals surface area contributed by atoms with Crippen LogP contribution in [0.1, 0.15) is 44.0 Å². The van der Waals surface area contributed by atoms with E-state index >= 15 is 0 Å². The van der Waals surface area contributed by atoms with E-state index in [1.807, 2.05) is 20.8 Å². The van der Waals surface area contributed by atoms with Gasteiger partial charge in [-0.2, -0.15) is 0 Å². The van der Waals surface area contributed by atoms with Crippen LogP contribution in [0.4, 0.5) is 10.1 Å². The summed E-state index contributed by atoms with van der Waals surface area (Å²) in [6.45, 7) is 7.36. The first-order valence-corrected chi connectivity index (χ1v) is 10.9. The van der Waals surface area contributed by atoms with Gasteiger partial charge in [-0.15, -0.1) is 0 Å². The van der Waals surface area contributed by atoms with Gasteiger partial charge in [0.05, 0.1) is 19.8 Å². The SMILES string of the molecule is CCOc1cc(C(=O)N(CN2CCCC2=O)c2ccc(F)cc2)cc(OCC)c1OCC. The van der Waals surface area contributed by atoms with E-state index in [4.69, 9.17) is 14.2 Å². The van der Waals surface area contributed by atoms with Crippen molar-refractivity contribution in [1.82, 2.24) is 4.90 Å². The van der Waals surface area contributed by atoms with Crippen LogP contribution in [0.2, 0.25) is 0 Å². The summed E-state index contributed by atoms with van der Waals surface area (Å²) in [4.78, 5) is 29.0. The summed E-state index contributed by atoms with van der Waals surface area (Å²) >= 11 is 0. The van der Waals surface area contributed by atoms with Crippen molar-refractivity contribution in [2.75, 3.05) is 37.9 Å². The quantitative estimate of drug-likeness (QED) is 0.548. The molecule has 7 nitrogen and oxygen atoms in total. The molecule has 0 bridgehead atoms. The number of carbonyl (C=O) groups excluding carboxylic acids is 2. The predicted molar refractivity (Wildman–Crippen MR) is 119 cm³/mol. The van der Waals surface area contributed by atoms with Crippen LogP contribution in [0.15, 0.2) is 36.4 Å². The molecule has 0 N–H and O–H groups in total. The zero-order valence-electron chi connectivity index (χ0n) is 18.7. The molecule has 1 fully saturated rings. The monoisotopic (exact) mass is 444 g/mol. The summed E-state index contributed by atoms with van der Waals surface area (Å²) in [6, 6.07) is 8.85. The van der Waals surface area contributed by atoms with Crippen molar-refractivity contribution in [3.05, 3.63) is 47.8 Å². The van der Waals surface area contributed by atoms with E-state index in [9.17, 15) is 14.0 Å². The Hall–Kier alpha value is -3.29. The molecule has 0 aliphatic carbocycles. The molecule has 0 unspecified atom stereocenters. The lowest BCUT2D eigenvalue weighted by Gasteiger charge is -2.28. The van der Waals surface area contributed by atoms with Gasteiger partial charge in [0, 0.05) is 24.2 Å². The lowest BCUT2D eigenvalue weighted by molar-refractivity contribution is -0.127. The Morgan fingerprint density at radius 3 is 2.09 bits per heavy atom. The fourth-order valence-corrected chi connectivity index (χ4v) is 3.58. The third kappa shape index (κ3) is 5.30. The summed E-state index contributed by atoms with van der Waals surface area (Å²) in [7, 11) is 0. The first kappa shape index (κ1) is 23.4. The van der Waals surface area contributed by atoms with Crippen LogP contribution in [0.3, 0.4) is 0 Å². The Morgan fingerprint density at radius 1 is 1.00 bits per heavy atom. The van der Waals surface area contributed by atoms with Crippen molar-refractivity contribution < 1.29 is 28.2 Å². The fourth-order valence-electron chi connectivity index (χ4n) is 3.58. The maximum absolute atomic E-state index is 13.6. The third-order valence-electron chi connectivity index (χ3n) is 5.02. The molecule has 2 amide bonds. The molecule has 1 aliphatic heterocycles. The maximum Gasteiger partial charge on any atom is 0.260 e. The van der Waals surface area contributed by atoms with Gasteiger partial charge in [-0.1, -0.05) is 0 Å². The van der Waals surface area contributed by atoms with Crippen molar-refractivity contribution in [3.63, 3.8) is 0 Å². The van der Waals surface area contributed by atoms with Crippen molar-refractivity contribution in [3.8, 4) is 17.2 Å². The topological polar surface area (TPSA) is 68.3 Å². The van der Waals surface area contributed by atoms with Crippen molar-refractivity contribution in [2.24, 2.45) is 0 Å². The highest BCUT2D eigenvalue weighted by Gasteiger charge is 2.28. The van der Waals surface area contributed by atoms with Gasteiger partial charge < -0.3 is 19.1 Å². The standard InChI is InChI=1S/C24H29FN2O5/c1-4-30-20-14-17(15-21(31-5-2)23(20)32-6-3)24(29)27(16-26-13-7-8-22(26)28)19-11-9-18(25)10-12-19/h9-12,14-15H,4-8,13,16H2,1-3H3.